The van der Waals surface area contributed by atoms with Gasteiger partial charge in [-0.3, -0.25) is 15.1 Å². The summed E-state index contributed by atoms with van der Waals surface area (Å²) in [4.78, 5) is 17.8. The molecule has 4 aromatic rings. The van der Waals surface area contributed by atoms with Crippen molar-refractivity contribution in [2.24, 2.45) is 0 Å². The minimum atomic E-state index is -0.784. The number of pyridine rings is 1. The number of rotatable bonds is 11. The molecule has 0 radical (unpaired) electrons. The predicted octanol–water partition coefficient (Wildman–Crippen LogP) is 5.42. The van der Waals surface area contributed by atoms with Gasteiger partial charge in [-0.05, 0) is 101 Å². The van der Waals surface area contributed by atoms with Gasteiger partial charge in [0, 0.05) is 18.9 Å². The first-order valence-electron chi connectivity index (χ1n) is 13.5. The van der Waals surface area contributed by atoms with E-state index in [1.54, 1.807) is 49.0 Å². The monoisotopic (exact) mass is 569 g/mol. The standard InChI is InChI=1S/C33H32FN3O5/c1-20-25(8-6-22-15-28(40-2)32(38)29(16-22)41-3)26-9-7-23(34)17-27(26)30(20)31(36-18-21-10-12-35-13-11-21)33(39)37-19-24-5-4-14-42-24/h4-5,7-17,31,36,38H,6,18-19H2,1-3H3,(H,37,39)/b25-8-. The molecular formula is C33H32FN3O5. The lowest BCUT2D eigenvalue weighted by Crippen LogP contribution is -2.44. The van der Waals surface area contributed by atoms with Gasteiger partial charge < -0.3 is 24.3 Å². The van der Waals surface area contributed by atoms with Crippen LogP contribution in [0.3, 0.4) is 0 Å². The zero-order valence-corrected chi connectivity index (χ0v) is 23.6. The van der Waals surface area contributed by atoms with Crippen LogP contribution in [-0.4, -0.2) is 36.3 Å². The fourth-order valence-corrected chi connectivity index (χ4v) is 5.18. The molecule has 5 rings (SSSR count). The fraction of sp³-hybridized carbons (Fsp3) is 0.212. The van der Waals surface area contributed by atoms with E-state index >= 15 is 0 Å². The van der Waals surface area contributed by atoms with Gasteiger partial charge in [0.25, 0.3) is 0 Å². The van der Waals surface area contributed by atoms with Crippen molar-refractivity contribution in [1.82, 2.24) is 15.6 Å². The van der Waals surface area contributed by atoms with E-state index in [4.69, 9.17) is 13.9 Å². The van der Waals surface area contributed by atoms with E-state index < -0.39 is 11.9 Å². The number of carbonyl (C=O) groups excluding carboxylic acids is 1. The lowest BCUT2D eigenvalue weighted by molar-refractivity contribution is -0.122. The molecule has 216 valence electrons. The van der Waals surface area contributed by atoms with Crippen molar-refractivity contribution >= 4 is 17.1 Å². The van der Waals surface area contributed by atoms with E-state index in [1.165, 1.54) is 26.4 Å². The summed E-state index contributed by atoms with van der Waals surface area (Å²) in [6.07, 6.45) is 7.46. The van der Waals surface area contributed by atoms with Gasteiger partial charge in [-0.15, -0.1) is 0 Å². The number of ether oxygens (including phenoxy) is 2. The van der Waals surface area contributed by atoms with Crippen LogP contribution in [0.1, 0.15) is 34.9 Å². The number of hydrogen-bond acceptors (Lipinski definition) is 7. The van der Waals surface area contributed by atoms with Gasteiger partial charge in [0.1, 0.15) is 17.6 Å². The largest absolute Gasteiger partial charge is 0.502 e. The Kier molecular flexibility index (Phi) is 8.68. The number of methoxy groups -OCH3 is 2. The Hall–Kier alpha value is -4.89. The van der Waals surface area contributed by atoms with E-state index in [9.17, 15) is 14.3 Å². The number of amides is 1. The minimum absolute atomic E-state index is 0.0693. The molecule has 0 aliphatic heterocycles. The number of phenolic OH excluding ortho intramolecular Hbond substituents is 1. The zero-order valence-electron chi connectivity index (χ0n) is 23.6. The van der Waals surface area contributed by atoms with Crippen molar-refractivity contribution in [2.45, 2.75) is 32.5 Å². The second kappa shape index (κ2) is 12.7. The Balaban J connectivity index is 1.53. The number of fused-ring (bicyclic) bond motifs is 1. The first kappa shape index (κ1) is 28.6. The smallest absolute Gasteiger partial charge is 0.242 e. The lowest BCUT2D eigenvalue weighted by Gasteiger charge is -2.21. The second-order valence-corrected chi connectivity index (χ2v) is 9.87. The van der Waals surface area contributed by atoms with Crippen LogP contribution in [0.15, 0.2) is 89.3 Å². The third kappa shape index (κ3) is 6.06. The van der Waals surface area contributed by atoms with Crippen molar-refractivity contribution in [2.75, 3.05) is 14.2 Å². The van der Waals surface area contributed by atoms with Crippen molar-refractivity contribution in [3.63, 3.8) is 0 Å². The molecule has 2 heterocycles. The molecule has 2 aromatic heterocycles. The topological polar surface area (TPSA) is 106 Å². The number of allylic oxidation sites excluding steroid dienone is 3. The quantitative estimate of drug-likeness (QED) is 0.221. The Morgan fingerprint density at radius 1 is 1.02 bits per heavy atom. The van der Waals surface area contributed by atoms with E-state index in [0.29, 0.717) is 41.4 Å². The van der Waals surface area contributed by atoms with Crippen LogP contribution in [0.4, 0.5) is 4.39 Å². The van der Waals surface area contributed by atoms with Gasteiger partial charge in [-0.1, -0.05) is 12.1 Å². The fourth-order valence-electron chi connectivity index (χ4n) is 5.18. The molecule has 42 heavy (non-hydrogen) atoms. The van der Waals surface area contributed by atoms with Crippen LogP contribution in [-0.2, 0) is 24.3 Å². The van der Waals surface area contributed by atoms with Gasteiger partial charge in [-0.2, -0.15) is 0 Å². The summed E-state index contributed by atoms with van der Waals surface area (Å²) < 4.78 is 30.7. The first-order valence-corrected chi connectivity index (χ1v) is 13.5. The normalized spacial score (nSPS) is 14.1. The summed E-state index contributed by atoms with van der Waals surface area (Å²) in [6.45, 7) is 2.56. The Labute approximate surface area is 243 Å². The van der Waals surface area contributed by atoms with Crippen LogP contribution in [0.5, 0.6) is 17.2 Å². The third-order valence-electron chi connectivity index (χ3n) is 7.28. The molecule has 2 aromatic carbocycles. The molecule has 0 fully saturated rings. The van der Waals surface area contributed by atoms with Crippen LogP contribution < -0.4 is 20.1 Å². The SMILES string of the molecule is COc1cc(C/C=C2/C(C)=C(C(NCc3ccncc3)C(=O)NCc3ccco3)c3cc(F)ccc32)cc(OC)c1O. The molecule has 8 nitrogen and oxygen atoms in total. The molecule has 1 aliphatic rings. The molecule has 1 atom stereocenters. The van der Waals surface area contributed by atoms with Gasteiger partial charge in [0.05, 0.1) is 27.0 Å². The number of furan rings is 1. The Morgan fingerprint density at radius 3 is 2.43 bits per heavy atom. The Morgan fingerprint density at radius 2 is 1.76 bits per heavy atom. The number of nitrogens with one attached hydrogen (secondary N) is 2. The highest BCUT2D eigenvalue weighted by Gasteiger charge is 2.33. The van der Waals surface area contributed by atoms with E-state index in [1.807, 2.05) is 25.1 Å². The number of halogens is 1. The highest BCUT2D eigenvalue weighted by molar-refractivity contribution is 6.07. The number of aromatic hydroxyl groups is 1. The zero-order chi connectivity index (χ0) is 29.6. The maximum atomic E-state index is 14.7. The van der Waals surface area contributed by atoms with Crippen molar-refractivity contribution in [3.8, 4) is 17.2 Å². The number of nitrogens with zero attached hydrogens (tertiary/aromatic N) is 1. The average molecular weight is 570 g/mol. The van der Waals surface area contributed by atoms with E-state index in [2.05, 4.69) is 15.6 Å². The highest BCUT2D eigenvalue weighted by atomic mass is 19.1. The summed E-state index contributed by atoms with van der Waals surface area (Å²) in [6, 6.07) is 14.7. The third-order valence-corrected chi connectivity index (χ3v) is 7.28. The minimum Gasteiger partial charge on any atom is -0.502 e. The van der Waals surface area contributed by atoms with Gasteiger partial charge in [-0.25, -0.2) is 4.39 Å². The number of carbonyl (C=O) groups is 1. The van der Waals surface area contributed by atoms with Gasteiger partial charge in [0.2, 0.25) is 11.7 Å². The molecule has 0 saturated heterocycles. The number of aromatic nitrogens is 1. The van der Waals surface area contributed by atoms with Crippen molar-refractivity contribution in [1.29, 1.82) is 0 Å². The second-order valence-electron chi connectivity index (χ2n) is 9.87. The van der Waals surface area contributed by atoms with Crippen LogP contribution in [0.2, 0.25) is 0 Å². The molecule has 1 aliphatic carbocycles. The highest BCUT2D eigenvalue weighted by Crippen LogP contribution is 2.44. The number of hydrogen-bond donors (Lipinski definition) is 3. The van der Waals surface area contributed by atoms with Crippen molar-refractivity contribution < 1.29 is 28.2 Å². The molecule has 0 spiro atoms. The lowest BCUT2D eigenvalue weighted by atomic mass is 9.97. The van der Waals surface area contributed by atoms with Crippen molar-refractivity contribution in [3.05, 3.63) is 119 Å². The summed E-state index contributed by atoms with van der Waals surface area (Å²) >= 11 is 0. The van der Waals surface area contributed by atoms with Gasteiger partial charge in [0.15, 0.2) is 11.5 Å². The van der Waals surface area contributed by atoms with Crippen LogP contribution in [0.25, 0.3) is 11.1 Å². The molecule has 3 N–H and O–H groups in total. The summed E-state index contributed by atoms with van der Waals surface area (Å²) in [5, 5.41) is 16.7. The molecular weight excluding hydrogens is 537 g/mol. The van der Waals surface area contributed by atoms with Crippen LogP contribution >= 0.6 is 0 Å². The molecule has 0 saturated carbocycles. The summed E-state index contributed by atoms with van der Waals surface area (Å²) in [5.74, 6) is 0.508. The molecule has 0 bridgehead atoms. The molecule has 9 heteroatoms. The predicted molar refractivity (Wildman–Crippen MR) is 157 cm³/mol. The van der Waals surface area contributed by atoms with E-state index in [-0.39, 0.29) is 18.2 Å². The van der Waals surface area contributed by atoms with E-state index in [0.717, 1.165) is 27.8 Å². The summed E-state index contributed by atoms with van der Waals surface area (Å²) in [5.41, 5.74) is 5.73. The maximum absolute atomic E-state index is 14.7. The number of phenols is 1. The molecule has 1 unspecified atom stereocenters. The van der Waals surface area contributed by atoms with Gasteiger partial charge >= 0.3 is 0 Å². The number of benzene rings is 2. The molecule has 1 amide bonds. The van der Waals surface area contributed by atoms with Crippen LogP contribution in [0, 0.1) is 5.82 Å². The first-order chi connectivity index (χ1) is 20.4. The average Bonchev–Trinajstić information content (AvgIpc) is 3.62. The Bertz CT molecular complexity index is 1610. The maximum Gasteiger partial charge on any atom is 0.242 e. The summed E-state index contributed by atoms with van der Waals surface area (Å²) in [7, 11) is 2.96.